The van der Waals surface area contributed by atoms with Crippen LogP contribution in [0.4, 0.5) is 0 Å². The molecule has 1 saturated heterocycles. The van der Waals surface area contributed by atoms with Gasteiger partial charge in [0, 0.05) is 23.2 Å². The van der Waals surface area contributed by atoms with Crippen molar-refractivity contribution in [2.45, 2.75) is 36.8 Å². The first-order valence-corrected chi connectivity index (χ1v) is 8.86. The summed E-state index contributed by atoms with van der Waals surface area (Å²) in [5, 5.41) is 10.5. The van der Waals surface area contributed by atoms with Gasteiger partial charge in [0.25, 0.3) is 0 Å². The summed E-state index contributed by atoms with van der Waals surface area (Å²) >= 11 is 0. The van der Waals surface area contributed by atoms with Gasteiger partial charge in [-0.15, -0.1) is 0 Å². The number of piperidine rings is 1. The second kappa shape index (κ2) is 4.12. The van der Waals surface area contributed by atoms with Gasteiger partial charge in [0.2, 0.25) is 0 Å². The lowest BCUT2D eigenvalue weighted by molar-refractivity contribution is -0.0260. The second-order valence-electron chi connectivity index (χ2n) is 7.85. The van der Waals surface area contributed by atoms with E-state index >= 15 is 0 Å². The molecule has 4 heteroatoms. The van der Waals surface area contributed by atoms with E-state index in [1.54, 1.807) is 6.07 Å². The van der Waals surface area contributed by atoms with Crippen LogP contribution >= 0.6 is 0 Å². The van der Waals surface area contributed by atoms with E-state index < -0.39 is 0 Å². The topological polar surface area (TPSA) is 45.6 Å². The molecule has 1 fully saturated rings. The number of pyridine rings is 1. The number of aromatic hydroxyl groups is 1. The Labute approximate surface area is 141 Å². The molecule has 0 unspecified atom stereocenters. The van der Waals surface area contributed by atoms with E-state index in [1.807, 2.05) is 12.3 Å². The largest absolute Gasteiger partial charge is 0.504 e. The zero-order valence-corrected chi connectivity index (χ0v) is 13.7. The van der Waals surface area contributed by atoms with Gasteiger partial charge in [-0.05, 0) is 62.0 Å². The van der Waals surface area contributed by atoms with Crippen molar-refractivity contribution in [3.63, 3.8) is 0 Å². The number of phenols is 1. The van der Waals surface area contributed by atoms with Gasteiger partial charge in [-0.1, -0.05) is 12.1 Å². The zero-order chi connectivity index (χ0) is 16.1. The number of rotatable bonds is 0. The van der Waals surface area contributed by atoms with Crippen LogP contribution in [0.5, 0.6) is 11.5 Å². The van der Waals surface area contributed by atoms with Crippen molar-refractivity contribution in [3.05, 3.63) is 52.8 Å². The van der Waals surface area contributed by atoms with Gasteiger partial charge in [-0.2, -0.15) is 0 Å². The predicted octanol–water partition coefficient (Wildman–Crippen LogP) is 2.59. The zero-order valence-electron chi connectivity index (χ0n) is 13.7. The molecule has 0 radical (unpaired) electrons. The molecule has 2 bridgehead atoms. The van der Waals surface area contributed by atoms with E-state index in [9.17, 15) is 5.11 Å². The molecule has 0 amide bonds. The lowest BCUT2D eigenvalue weighted by Gasteiger charge is -2.57. The Morgan fingerprint density at radius 1 is 1.25 bits per heavy atom. The van der Waals surface area contributed by atoms with Crippen molar-refractivity contribution in [1.82, 2.24) is 9.88 Å². The van der Waals surface area contributed by atoms with Gasteiger partial charge in [0.15, 0.2) is 17.6 Å². The SMILES string of the molecule is CN1CC[C@]23c4c5ccc(O)c4O[C@H]2c2ncccc2C[C@H]3[C@H]1C5. The Balaban J connectivity index is 1.70. The molecule has 0 saturated carbocycles. The third kappa shape index (κ3) is 1.31. The normalized spacial score (nSPS) is 35.1. The fourth-order valence-corrected chi connectivity index (χ4v) is 6.00. The molecule has 24 heavy (non-hydrogen) atoms. The molecule has 4 atom stereocenters. The van der Waals surface area contributed by atoms with Crippen LogP contribution in [0.15, 0.2) is 30.5 Å². The van der Waals surface area contributed by atoms with Gasteiger partial charge in [0.05, 0.1) is 5.69 Å². The van der Waals surface area contributed by atoms with Crippen LogP contribution in [0.1, 0.15) is 34.9 Å². The molecule has 2 aliphatic carbocycles. The molecule has 4 aliphatic rings. The molecule has 1 aromatic heterocycles. The van der Waals surface area contributed by atoms with Crippen molar-refractivity contribution in [2.24, 2.45) is 5.92 Å². The van der Waals surface area contributed by atoms with E-state index in [2.05, 4.69) is 24.1 Å². The van der Waals surface area contributed by atoms with Crippen LogP contribution in [0, 0.1) is 5.92 Å². The van der Waals surface area contributed by atoms with Crippen LogP contribution in [0.2, 0.25) is 0 Å². The Kier molecular flexibility index (Phi) is 2.27. The van der Waals surface area contributed by atoms with Crippen molar-refractivity contribution >= 4 is 0 Å². The lowest BCUT2D eigenvalue weighted by atomic mass is 9.51. The molecule has 1 aromatic carbocycles. The number of phenolic OH excluding ortho intramolecular Hbond substituents is 1. The average Bonchev–Trinajstić information content (AvgIpc) is 2.95. The highest BCUT2D eigenvalue weighted by molar-refractivity contribution is 5.62. The maximum Gasteiger partial charge on any atom is 0.166 e. The molecule has 2 aliphatic heterocycles. The Morgan fingerprint density at radius 2 is 2.17 bits per heavy atom. The Morgan fingerprint density at radius 3 is 3.08 bits per heavy atom. The quantitative estimate of drug-likeness (QED) is 0.810. The molecule has 6 rings (SSSR count). The number of hydrogen-bond acceptors (Lipinski definition) is 4. The summed E-state index contributed by atoms with van der Waals surface area (Å²) < 4.78 is 6.44. The average molecular weight is 320 g/mol. The van der Waals surface area contributed by atoms with E-state index in [0.717, 1.165) is 37.3 Å². The minimum Gasteiger partial charge on any atom is -0.504 e. The van der Waals surface area contributed by atoms with Crippen LogP contribution in [0.25, 0.3) is 0 Å². The first-order valence-electron chi connectivity index (χ1n) is 8.86. The highest BCUT2D eigenvalue weighted by Crippen LogP contribution is 2.66. The van der Waals surface area contributed by atoms with Crippen LogP contribution in [-0.4, -0.2) is 34.6 Å². The van der Waals surface area contributed by atoms with E-state index in [4.69, 9.17) is 9.72 Å². The van der Waals surface area contributed by atoms with Crippen molar-refractivity contribution in [3.8, 4) is 11.5 Å². The maximum absolute atomic E-state index is 10.5. The Bertz CT molecular complexity index is 880. The van der Waals surface area contributed by atoms with Gasteiger partial charge in [-0.3, -0.25) is 4.98 Å². The monoisotopic (exact) mass is 320 g/mol. The van der Waals surface area contributed by atoms with Gasteiger partial charge in [-0.25, -0.2) is 0 Å². The third-order valence-corrected chi connectivity index (χ3v) is 7.01. The fraction of sp³-hybridized carbons (Fsp3) is 0.450. The molecule has 1 spiro atoms. The summed E-state index contributed by atoms with van der Waals surface area (Å²) in [5.74, 6) is 1.55. The highest BCUT2D eigenvalue weighted by atomic mass is 16.5. The second-order valence-corrected chi connectivity index (χ2v) is 7.85. The number of aromatic nitrogens is 1. The number of ether oxygens (including phenoxy) is 1. The molecular formula is C20H20N2O2. The number of likely N-dealkylation sites (N-methyl/N-ethyl adjacent to an activating group) is 1. The highest BCUT2D eigenvalue weighted by Gasteiger charge is 2.64. The molecule has 2 aromatic rings. The number of nitrogens with zero attached hydrogens (tertiary/aromatic N) is 2. The molecule has 4 nitrogen and oxygen atoms in total. The first kappa shape index (κ1) is 13.2. The van der Waals surface area contributed by atoms with Gasteiger partial charge < -0.3 is 14.7 Å². The van der Waals surface area contributed by atoms with E-state index in [1.165, 1.54) is 16.7 Å². The van der Waals surface area contributed by atoms with E-state index in [-0.39, 0.29) is 17.3 Å². The summed E-state index contributed by atoms with van der Waals surface area (Å²) in [6.45, 7) is 1.08. The molecule has 122 valence electrons. The predicted molar refractivity (Wildman–Crippen MR) is 89.3 cm³/mol. The number of fused-ring (bicyclic) bond motifs is 2. The van der Waals surface area contributed by atoms with Crippen LogP contribution in [0.3, 0.4) is 0 Å². The Hall–Kier alpha value is -2.07. The van der Waals surface area contributed by atoms with E-state index in [0.29, 0.717) is 12.0 Å². The number of hydrogen-bond donors (Lipinski definition) is 1. The summed E-state index contributed by atoms with van der Waals surface area (Å²) in [7, 11) is 2.26. The molecule has 1 N–H and O–H groups in total. The third-order valence-electron chi connectivity index (χ3n) is 7.01. The minimum atomic E-state index is -0.0500. The molecule has 3 heterocycles. The van der Waals surface area contributed by atoms with Gasteiger partial charge >= 0.3 is 0 Å². The minimum absolute atomic E-state index is 0.0137. The van der Waals surface area contributed by atoms with Crippen LogP contribution in [-0.2, 0) is 18.3 Å². The van der Waals surface area contributed by atoms with Gasteiger partial charge in [0.1, 0.15) is 0 Å². The summed E-state index contributed by atoms with van der Waals surface area (Å²) in [4.78, 5) is 7.23. The summed E-state index contributed by atoms with van der Waals surface area (Å²) in [6, 6.07) is 8.69. The summed E-state index contributed by atoms with van der Waals surface area (Å²) in [6.07, 6.45) is 5.02. The van der Waals surface area contributed by atoms with Crippen LogP contribution < -0.4 is 4.74 Å². The smallest absolute Gasteiger partial charge is 0.166 e. The first-order chi connectivity index (χ1) is 11.7. The molecular weight excluding hydrogens is 300 g/mol. The standard InChI is InChI=1S/C20H20N2O2/c1-22-8-6-20-13-9-12-3-2-7-21-17(12)19(20)24-18-15(23)5-4-11(16(18)20)10-14(13)22/h2-5,7,13-14,19,23H,6,8-10H2,1H3/t13-,14+,19-,20-/m0/s1. The lowest BCUT2D eigenvalue weighted by Crippen LogP contribution is -2.62. The maximum atomic E-state index is 10.5. The number of benzene rings is 1. The summed E-state index contributed by atoms with van der Waals surface area (Å²) in [5.41, 5.74) is 5.04. The van der Waals surface area contributed by atoms with Crippen molar-refractivity contribution < 1.29 is 9.84 Å². The van der Waals surface area contributed by atoms with Crippen molar-refractivity contribution in [2.75, 3.05) is 13.6 Å². The van der Waals surface area contributed by atoms with Crippen molar-refractivity contribution in [1.29, 1.82) is 0 Å². The fourth-order valence-electron chi connectivity index (χ4n) is 6.00. The number of likely N-dealkylation sites (tertiary alicyclic amines) is 1.